The summed E-state index contributed by atoms with van der Waals surface area (Å²) in [6.07, 6.45) is 14.1. The maximum Gasteiger partial charge on any atom is 0.122 e. The van der Waals surface area contributed by atoms with Crippen LogP contribution >= 0.6 is 0 Å². The molecule has 0 amide bonds. The first-order valence-electron chi connectivity index (χ1n) is 12.6. The predicted octanol–water partition coefficient (Wildman–Crippen LogP) is 8.72. The van der Waals surface area contributed by atoms with Crippen LogP contribution in [0.4, 0.5) is 0 Å². The lowest BCUT2D eigenvalue weighted by Gasteiger charge is -2.17. The molecule has 0 radical (unpaired) electrons. The van der Waals surface area contributed by atoms with Gasteiger partial charge >= 0.3 is 0 Å². The minimum absolute atomic E-state index is 0.302. The van der Waals surface area contributed by atoms with E-state index < -0.39 is 0 Å². The van der Waals surface area contributed by atoms with E-state index in [1.807, 2.05) is 13.8 Å². The maximum absolute atomic E-state index is 10.3. The summed E-state index contributed by atoms with van der Waals surface area (Å²) in [5.41, 5.74) is 2.47. The molecule has 0 aliphatic carbocycles. The molecule has 1 rings (SSSR count). The van der Waals surface area contributed by atoms with E-state index in [-0.39, 0.29) is 0 Å². The van der Waals surface area contributed by atoms with Crippen LogP contribution in [0.2, 0.25) is 0 Å². The lowest BCUT2D eigenvalue weighted by Crippen LogP contribution is -2.02. The molecule has 0 fully saturated rings. The van der Waals surface area contributed by atoms with Crippen LogP contribution in [0, 0.1) is 37.5 Å². The van der Waals surface area contributed by atoms with Crippen LogP contribution in [0.5, 0.6) is 11.5 Å². The van der Waals surface area contributed by atoms with Crippen molar-refractivity contribution < 1.29 is 10.2 Å². The second kappa shape index (κ2) is 14.0. The van der Waals surface area contributed by atoms with E-state index in [1.54, 1.807) is 6.07 Å². The highest BCUT2D eigenvalue weighted by molar-refractivity contribution is 5.51. The summed E-state index contributed by atoms with van der Waals surface area (Å²) in [7, 11) is 0. The molecule has 0 bridgehead atoms. The summed E-state index contributed by atoms with van der Waals surface area (Å²) >= 11 is 0. The van der Waals surface area contributed by atoms with Gasteiger partial charge in [-0.05, 0) is 73.1 Å². The van der Waals surface area contributed by atoms with Gasteiger partial charge in [0.2, 0.25) is 0 Å². The van der Waals surface area contributed by atoms with E-state index in [0.717, 1.165) is 47.3 Å². The topological polar surface area (TPSA) is 40.5 Å². The third-order valence-electron chi connectivity index (χ3n) is 7.09. The van der Waals surface area contributed by atoms with Crippen molar-refractivity contribution in [2.75, 3.05) is 0 Å². The fourth-order valence-corrected chi connectivity index (χ4v) is 4.48. The van der Waals surface area contributed by atoms with Gasteiger partial charge in [0.25, 0.3) is 0 Å². The second-order valence-corrected chi connectivity index (χ2v) is 10.7. The minimum Gasteiger partial charge on any atom is -0.508 e. The standard InChI is InChI=1S/C28H50O2/c1-20(2)11-8-12-21(3)13-9-14-22(4)15-10-16-23(5)17-18-26-19-27(29)24(6)25(7)28(26)30/h19-23,29-30H,8-18H2,1-7H3. The quantitative estimate of drug-likeness (QED) is 0.279. The van der Waals surface area contributed by atoms with Gasteiger partial charge in [-0.1, -0.05) is 92.4 Å². The summed E-state index contributed by atoms with van der Waals surface area (Å²) in [4.78, 5) is 0. The van der Waals surface area contributed by atoms with Gasteiger partial charge < -0.3 is 10.2 Å². The molecule has 3 unspecified atom stereocenters. The second-order valence-electron chi connectivity index (χ2n) is 10.7. The molecule has 0 heterocycles. The Morgan fingerprint density at radius 3 is 1.53 bits per heavy atom. The van der Waals surface area contributed by atoms with E-state index in [1.165, 1.54) is 57.8 Å². The van der Waals surface area contributed by atoms with Gasteiger partial charge in [0.05, 0.1) is 0 Å². The first kappa shape index (κ1) is 26.9. The zero-order valence-electron chi connectivity index (χ0n) is 21.1. The van der Waals surface area contributed by atoms with E-state index in [0.29, 0.717) is 17.4 Å². The van der Waals surface area contributed by atoms with Crippen molar-refractivity contribution in [3.63, 3.8) is 0 Å². The summed E-state index contributed by atoms with van der Waals surface area (Å²) in [5.74, 6) is 3.89. The van der Waals surface area contributed by atoms with E-state index in [9.17, 15) is 10.2 Å². The zero-order valence-corrected chi connectivity index (χ0v) is 21.1. The smallest absolute Gasteiger partial charge is 0.122 e. The minimum atomic E-state index is 0.302. The van der Waals surface area contributed by atoms with Crippen LogP contribution in [0.1, 0.15) is 116 Å². The highest BCUT2D eigenvalue weighted by Gasteiger charge is 2.13. The third-order valence-corrected chi connectivity index (χ3v) is 7.09. The highest BCUT2D eigenvalue weighted by Crippen LogP contribution is 2.33. The van der Waals surface area contributed by atoms with Crippen molar-refractivity contribution in [2.45, 2.75) is 119 Å². The summed E-state index contributed by atoms with van der Waals surface area (Å²) < 4.78 is 0. The summed E-state index contributed by atoms with van der Waals surface area (Å²) in [6, 6.07) is 1.75. The average molecular weight is 419 g/mol. The number of hydrogen-bond acceptors (Lipinski definition) is 2. The Hall–Kier alpha value is -1.18. The highest BCUT2D eigenvalue weighted by atomic mass is 16.3. The molecular formula is C28H50O2. The van der Waals surface area contributed by atoms with Gasteiger partial charge in [-0.15, -0.1) is 0 Å². The third kappa shape index (κ3) is 10.2. The Labute approximate surface area is 187 Å². The molecule has 2 N–H and O–H groups in total. The fourth-order valence-electron chi connectivity index (χ4n) is 4.48. The normalized spacial score (nSPS) is 14.8. The Morgan fingerprint density at radius 1 is 0.633 bits per heavy atom. The summed E-state index contributed by atoms with van der Waals surface area (Å²) in [5, 5.41) is 20.4. The molecule has 0 spiro atoms. The Bertz CT molecular complexity index is 605. The molecular weight excluding hydrogens is 368 g/mol. The Balaban J connectivity index is 2.18. The van der Waals surface area contributed by atoms with E-state index in [4.69, 9.17) is 0 Å². The predicted molar refractivity (Wildman–Crippen MR) is 131 cm³/mol. The molecule has 0 saturated carbocycles. The Morgan fingerprint density at radius 2 is 1.07 bits per heavy atom. The maximum atomic E-state index is 10.3. The average Bonchev–Trinajstić information content (AvgIpc) is 2.67. The first-order valence-corrected chi connectivity index (χ1v) is 12.6. The molecule has 174 valence electrons. The number of benzene rings is 1. The summed E-state index contributed by atoms with van der Waals surface area (Å²) in [6.45, 7) is 15.6. The van der Waals surface area contributed by atoms with Crippen molar-refractivity contribution in [3.05, 3.63) is 22.8 Å². The number of phenolic OH excluding ortho intramolecular Hbond substituents is 2. The van der Waals surface area contributed by atoms with E-state index in [2.05, 4.69) is 34.6 Å². The molecule has 0 aromatic heterocycles. The number of rotatable bonds is 15. The van der Waals surface area contributed by atoms with Gasteiger partial charge in [0.15, 0.2) is 0 Å². The van der Waals surface area contributed by atoms with Crippen molar-refractivity contribution in [3.8, 4) is 11.5 Å². The van der Waals surface area contributed by atoms with Gasteiger partial charge in [0, 0.05) is 0 Å². The Kier molecular flexibility index (Phi) is 12.5. The van der Waals surface area contributed by atoms with E-state index >= 15 is 0 Å². The van der Waals surface area contributed by atoms with Crippen molar-refractivity contribution in [1.82, 2.24) is 0 Å². The molecule has 1 aromatic carbocycles. The monoisotopic (exact) mass is 418 g/mol. The van der Waals surface area contributed by atoms with Crippen LogP contribution < -0.4 is 0 Å². The molecule has 0 aliphatic rings. The lowest BCUT2D eigenvalue weighted by molar-refractivity contribution is 0.373. The molecule has 0 saturated heterocycles. The van der Waals surface area contributed by atoms with Crippen molar-refractivity contribution in [2.24, 2.45) is 23.7 Å². The van der Waals surface area contributed by atoms with Gasteiger partial charge in [-0.2, -0.15) is 0 Å². The molecule has 2 nitrogen and oxygen atoms in total. The zero-order chi connectivity index (χ0) is 22.7. The fraction of sp³-hybridized carbons (Fsp3) is 0.786. The van der Waals surface area contributed by atoms with Gasteiger partial charge in [-0.25, -0.2) is 0 Å². The van der Waals surface area contributed by atoms with Crippen LogP contribution in [-0.4, -0.2) is 10.2 Å². The van der Waals surface area contributed by atoms with Crippen LogP contribution in [-0.2, 0) is 6.42 Å². The van der Waals surface area contributed by atoms with Crippen molar-refractivity contribution >= 4 is 0 Å². The SMILES string of the molecule is Cc1c(O)cc(CCC(C)CCCC(C)CCCC(C)CCCC(C)C)c(O)c1C. The molecule has 3 atom stereocenters. The first-order chi connectivity index (χ1) is 14.1. The molecule has 1 aromatic rings. The molecule has 0 aliphatic heterocycles. The largest absolute Gasteiger partial charge is 0.508 e. The van der Waals surface area contributed by atoms with Crippen LogP contribution in [0.25, 0.3) is 0 Å². The van der Waals surface area contributed by atoms with Gasteiger partial charge in [0.1, 0.15) is 11.5 Å². The van der Waals surface area contributed by atoms with Gasteiger partial charge in [-0.3, -0.25) is 0 Å². The van der Waals surface area contributed by atoms with Crippen molar-refractivity contribution in [1.29, 1.82) is 0 Å². The lowest BCUT2D eigenvalue weighted by atomic mass is 9.90. The number of aromatic hydroxyl groups is 2. The molecule has 30 heavy (non-hydrogen) atoms. The molecule has 2 heteroatoms. The number of hydrogen-bond donors (Lipinski definition) is 2. The number of aryl methyl sites for hydroxylation is 1. The van der Waals surface area contributed by atoms with Crippen LogP contribution in [0.15, 0.2) is 6.07 Å². The van der Waals surface area contributed by atoms with Crippen LogP contribution in [0.3, 0.4) is 0 Å². The number of phenols is 2.